The Bertz CT molecular complexity index is 1280. The van der Waals surface area contributed by atoms with Crippen LogP contribution in [0.3, 0.4) is 0 Å². The molecule has 1 aromatic heterocycles. The van der Waals surface area contributed by atoms with Gasteiger partial charge in [-0.2, -0.15) is 0 Å². The normalized spacial score (nSPS) is 17.5. The number of amides is 1. The van der Waals surface area contributed by atoms with Crippen LogP contribution in [0.4, 0.5) is 5.13 Å². The molecular formula is C24H21ClN2O5S. The first-order valence-electron chi connectivity index (χ1n) is 9.99. The Morgan fingerprint density at radius 3 is 2.48 bits per heavy atom. The molecule has 1 saturated heterocycles. The van der Waals surface area contributed by atoms with Gasteiger partial charge in [-0.25, -0.2) is 4.98 Å². The monoisotopic (exact) mass is 484 g/mol. The molecule has 1 aliphatic rings. The van der Waals surface area contributed by atoms with Crippen LogP contribution in [-0.4, -0.2) is 36.0 Å². The zero-order chi connectivity index (χ0) is 23.9. The van der Waals surface area contributed by atoms with E-state index in [1.807, 2.05) is 13.8 Å². The van der Waals surface area contributed by atoms with Gasteiger partial charge >= 0.3 is 5.91 Å². The number of hydrogen-bond acceptors (Lipinski definition) is 7. The second kappa shape index (κ2) is 8.88. The number of thiazole rings is 1. The van der Waals surface area contributed by atoms with Crippen molar-refractivity contribution in [2.45, 2.75) is 19.9 Å². The lowest BCUT2D eigenvalue weighted by Gasteiger charge is -2.23. The van der Waals surface area contributed by atoms with E-state index in [2.05, 4.69) is 4.98 Å². The average Bonchev–Trinajstić information content (AvgIpc) is 3.28. The standard InChI is InChI=1S/C24H21ClN2O5S/c1-12-13(2)33-24(26-12)27-20(14-6-5-7-16(10-14)31-3)19(22(29)23(27)30)21(28)15-8-9-18(32-4)17(25)11-15/h5-11,20,28H,1-4H3/t20-/m1/s1. The molecule has 33 heavy (non-hydrogen) atoms. The summed E-state index contributed by atoms with van der Waals surface area (Å²) in [7, 11) is 3.01. The van der Waals surface area contributed by atoms with Gasteiger partial charge in [-0.15, -0.1) is 11.3 Å². The van der Waals surface area contributed by atoms with Crippen molar-refractivity contribution in [1.29, 1.82) is 0 Å². The Kier molecular flexibility index (Phi) is 6.14. The quantitative estimate of drug-likeness (QED) is 0.309. The second-order valence-corrected chi connectivity index (χ2v) is 9.02. The first kappa shape index (κ1) is 22.8. The Balaban J connectivity index is 1.95. The Morgan fingerprint density at radius 1 is 1.12 bits per heavy atom. The molecule has 2 aromatic carbocycles. The topological polar surface area (TPSA) is 89.0 Å². The van der Waals surface area contributed by atoms with Crippen LogP contribution in [0.2, 0.25) is 5.02 Å². The molecule has 4 rings (SSSR count). The lowest BCUT2D eigenvalue weighted by molar-refractivity contribution is -0.132. The highest BCUT2D eigenvalue weighted by atomic mass is 35.5. The lowest BCUT2D eigenvalue weighted by Crippen LogP contribution is -2.29. The van der Waals surface area contributed by atoms with Gasteiger partial charge in [-0.3, -0.25) is 14.5 Å². The number of aliphatic hydroxyl groups is 1. The van der Waals surface area contributed by atoms with E-state index in [1.54, 1.807) is 36.4 Å². The van der Waals surface area contributed by atoms with Gasteiger partial charge in [0.05, 0.1) is 36.6 Å². The zero-order valence-corrected chi connectivity index (χ0v) is 20.0. The van der Waals surface area contributed by atoms with Gasteiger partial charge in [-0.1, -0.05) is 23.7 Å². The Morgan fingerprint density at radius 2 is 1.88 bits per heavy atom. The van der Waals surface area contributed by atoms with E-state index < -0.39 is 17.7 Å². The number of Topliss-reactive ketones (excluding diaryl/α,β-unsaturated/α-hetero) is 1. The SMILES string of the molecule is COc1cccc([C@@H]2C(=C(O)c3ccc(OC)c(Cl)c3)C(=O)C(=O)N2c2nc(C)c(C)s2)c1. The van der Waals surface area contributed by atoms with E-state index in [9.17, 15) is 14.7 Å². The number of carbonyl (C=O) groups is 2. The van der Waals surface area contributed by atoms with E-state index in [0.717, 1.165) is 10.6 Å². The van der Waals surface area contributed by atoms with Crippen molar-refractivity contribution in [3.63, 3.8) is 0 Å². The van der Waals surface area contributed by atoms with Gasteiger partial charge in [-0.05, 0) is 49.7 Å². The summed E-state index contributed by atoms with van der Waals surface area (Å²) in [6.45, 7) is 3.73. The molecule has 7 nitrogen and oxygen atoms in total. The minimum Gasteiger partial charge on any atom is -0.507 e. The fraction of sp³-hybridized carbons (Fsp3) is 0.208. The summed E-state index contributed by atoms with van der Waals surface area (Å²) in [5.74, 6) is -0.933. The second-order valence-electron chi connectivity index (χ2n) is 7.43. The number of aliphatic hydroxyl groups excluding tert-OH is 1. The highest BCUT2D eigenvalue weighted by Gasteiger charge is 2.48. The number of ether oxygens (including phenoxy) is 2. The van der Waals surface area contributed by atoms with Crippen LogP contribution >= 0.6 is 22.9 Å². The molecule has 2 heterocycles. The van der Waals surface area contributed by atoms with Crippen LogP contribution in [0.15, 0.2) is 48.0 Å². The van der Waals surface area contributed by atoms with Crippen LogP contribution in [0.25, 0.3) is 5.76 Å². The third-order valence-electron chi connectivity index (χ3n) is 5.50. The molecule has 1 amide bonds. The van der Waals surface area contributed by atoms with Gasteiger partial charge in [0.2, 0.25) is 0 Å². The van der Waals surface area contributed by atoms with Crippen LogP contribution < -0.4 is 14.4 Å². The molecule has 1 atom stereocenters. The number of anilines is 1. The van der Waals surface area contributed by atoms with Gasteiger partial charge in [0.25, 0.3) is 5.78 Å². The first-order valence-corrected chi connectivity index (χ1v) is 11.2. The van der Waals surface area contributed by atoms with Gasteiger partial charge < -0.3 is 14.6 Å². The molecule has 3 aromatic rings. The van der Waals surface area contributed by atoms with Crippen molar-refractivity contribution in [3.8, 4) is 11.5 Å². The Hall–Kier alpha value is -3.36. The number of ketones is 1. The molecule has 170 valence electrons. The molecule has 1 fully saturated rings. The molecular weight excluding hydrogens is 464 g/mol. The molecule has 9 heteroatoms. The first-order chi connectivity index (χ1) is 15.8. The van der Waals surface area contributed by atoms with Crippen molar-refractivity contribution in [2.24, 2.45) is 0 Å². The largest absolute Gasteiger partial charge is 0.507 e. The highest BCUT2D eigenvalue weighted by molar-refractivity contribution is 7.16. The number of aromatic nitrogens is 1. The van der Waals surface area contributed by atoms with Crippen molar-refractivity contribution < 1.29 is 24.2 Å². The molecule has 0 unspecified atom stereocenters. The maximum atomic E-state index is 13.2. The predicted octanol–water partition coefficient (Wildman–Crippen LogP) is 5.06. The van der Waals surface area contributed by atoms with Crippen LogP contribution in [0, 0.1) is 13.8 Å². The van der Waals surface area contributed by atoms with Crippen molar-refractivity contribution >= 4 is 45.5 Å². The number of carbonyl (C=O) groups excluding carboxylic acids is 2. The molecule has 0 bridgehead atoms. The smallest absolute Gasteiger partial charge is 0.301 e. The maximum absolute atomic E-state index is 13.2. The predicted molar refractivity (Wildman–Crippen MR) is 127 cm³/mol. The maximum Gasteiger partial charge on any atom is 0.301 e. The van der Waals surface area contributed by atoms with E-state index in [-0.39, 0.29) is 21.9 Å². The lowest BCUT2D eigenvalue weighted by atomic mass is 9.95. The molecule has 0 spiro atoms. The van der Waals surface area contributed by atoms with Gasteiger partial charge in [0, 0.05) is 10.4 Å². The van der Waals surface area contributed by atoms with E-state index in [4.69, 9.17) is 21.1 Å². The number of rotatable bonds is 5. The van der Waals surface area contributed by atoms with E-state index in [0.29, 0.717) is 22.2 Å². The van der Waals surface area contributed by atoms with Crippen molar-refractivity contribution in [3.05, 3.63) is 74.8 Å². The minimum atomic E-state index is -0.897. The number of aryl methyl sites for hydroxylation is 2. The number of benzene rings is 2. The molecule has 0 saturated carbocycles. The number of hydrogen-bond donors (Lipinski definition) is 1. The summed E-state index contributed by atoms with van der Waals surface area (Å²) < 4.78 is 10.5. The third kappa shape index (κ3) is 3.96. The molecule has 0 aliphatic carbocycles. The number of methoxy groups -OCH3 is 2. The molecule has 1 N–H and O–H groups in total. The zero-order valence-electron chi connectivity index (χ0n) is 18.4. The summed E-state index contributed by atoms with van der Waals surface area (Å²) in [6, 6.07) is 10.8. The summed E-state index contributed by atoms with van der Waals surface area (Å²) in [6.07, 6.45) is 0. The highest BCUT2D eigenvalue weighted by Crippen LogP contribution is 2.44. The summed E-state index contributed by atoms with van der Waals surface area (Å²) in [5, 5.41) is 11.9. The summed E-state index contributed by atoms with van der Waals surface area (Å²) >= 11 is 7.55. The molecule has 0 radical (unpaired) electrons. The fourth-order valence-corrected chi connectivity index (χ4v) is 4.88. The van der Waals surface area contributed by atoms with Crippen molar-refractivity contribution in [2.75, 3.05) is 19.1 Å². The fourth-order valence-electron chi connectivity index (χ4n) is 3.68. The third-order valence-corrected chi connectivity index (χ3v) is 6.87. The van der Waals surface area contributed by atoms with Crippen molar-refractivity contribution in [1.82, 2.24) is 4.98 Å². The van der Waals surface area contributed by atoms with Crippen LogP contribution in [0.5, 0.6) is 11.5 Å². The number of nitrogens with zero attached hydrogens (tertiary/aromatic N) is 2. The van der Waals surface area contributed by atoms with Gasteiger partial charge in [0.1, 0.15) is 17.3 Å². The van der Waals surface area contributed by atoms with E-state index in [1.165, 1.54) is 36.5 Å². The minimum absolute atomic E-state index is 0.0556. The van der Waals surface area contributed by atoms with Crippen LogP contribution in [-0.2, 0) is 9.59 Å². The average molecular weight is 485 g/mol. The Labute approximate surface area is 199 Å². The van der Waals surface area contributed by atoms with Gasteiger partial charge in [0.15, 0.2) is 5.13 Å². The summed E-state index contributed by atoms with van der Waals surface area (Å²) in [4.78, 5) is 33.2. The van der Waals surface area contributed by atoms with Crippen LogP contribution in [0.1, 0.15) is 27.7 Å². The molecule has 1 aliphatic heterocycles. The summed E-state index contributed by atoms with van der Waals surface area (Å²) in [5.41, 5.74) is 1.60. The number of halogens is 1. The van der Waals surface area contributed by atoms with E-state index >= 15 is 0 Å².